The molecule has 0 aromatic heterocycles. The Morgan fingerprint density at radius 1 is 1.30 bits per heavy atom. The molecule has 1 aliphatic heterocycles. The number of ether oxygens (including phenoxy) is 2. The Balaban J connectivity index is 1.96. The van der Waals surface area contributed by atoms with Gasteiger partial charge in [0, 0.05) is 0 Å². The largest absolute Gasteiger partial charge is 0.496 e. The molecule has 1 aliphatic rings. The molecule has 1 heterocycles. The lowest BCUT2D eigenvalue weighted by molar-refractivity contribution is 0.199. The first-order chi connectivity index (χ1) is 9.69. The summed E-state index contributed by atoms with van der Waals surface area (Å²) in [5, 5.41) is 3.28. The molecule has 0 spiro atoms. The number of hydrogen-bond donors (Lipinski definition) is 1. The van der Waals surface area contributed by atoms with E-state index in [0.717, 1.165) is 17.0 Å². The maximum Gasteiger partial charge on any atom is 0.147 e. The van der Waals surface area contributed by atoms with Crippen molar-refractivity contribution in [3.8, 4) is 11.5 Å². The molecule has 2 aromatic rings. The molecule has 3 nitrogen and oxygen atoms in total. The van der Waals surface area contributed by atoms with Crippen LogP contribution in [0.2, 0.25) is 0 Å². The van der Waals surface area contributed by atoms with Crippen LogP contribution in [0.15, 0.2) is 36.4 Å². The van der Waals surface area contributed by atoms with Crippen molar-refractivity contribution in [2.45, 2.75) is 13.0 Å². The van der Waals surface area contributed by atoms with E-state index in [-0.39, 0.29) is 5.82 Å². The zero-order chi connectivity index (χ0) is 14.1. The van der Waals surface area contributed by atoms with Gasteiger partial charge in [-0.25, -0.2) is 4.39 Å². The molecule has 20 heavy (non-hydrogen) atoms. The summed E-state index contributed by atoms with van der Waals surface area (Å²) in [6.07, 6.45) is -0.402. The van der Waals surface area contributed by atoms with Crippen LogP contribution >= 0.6 is 0 Å². The normalized spacial score (nSPS) is 16.9. The second-order valence-electron chi connectivity index (χ2n) is 4.84. The fourth-order valence-corrected chi connectivity index (χ4v) is 2.45. The molecule has 0 amide bonds. The highest BCUT2D eigenvalue weighted by molar-refractivity contribution is 5.60. The summed E-state index contributed by atoms with van der Waals surface area (Å²) in [7, 11) is 1.53. The molecule has 0 bridgehead atoms. The van der Waals surface area contributed by atoms with Gasteiger partial charge in [0.25, 0.3) is 0 Å². The molecule has 104 valence electrons. The highest BCUT2D eigenvalue weighted by Gasteiger charge is 2.26. The van der Waals surface area contributed by atoms with E-state index in [1.54, 1.807) is 12.1 Å². The van der Waals surface area contributed by atoms with Crippen molar-refractivity contribution < 1.29 is 13.9 Å². The van der Waals surface area contributed by atoms with Gasteiger partial charge in [-0.2, -0.15) is 0 Å². The lowest BCUT2D eigenvalue weighted by Gasteiger charge is -2.29. The number of aryl methyl sites for hydroxylation is 1. The van der Waals surface area contributed by atoms with Gasteiger partial charge in [0.1, 0.15) is 23.4 Å². The van der Waals surface area contributed by atoms with E-state index in [9.17, 15) is 4.39 Å². The smallest absolute Gasteiger partial charge is 0.147 e. The molecule has 0 saturated carbocycles. The van der Waals surface area contributed by atoms with Gasteiger partial charge in [-0.05, 0) is 36.8 Å². The van der Waals surface area contributed by atoms with E-state index in [1.165, 1.54) is 13.2 Å². The first kappa shape index (κ1) is 12.8. The van der Waals surface area contributed by atoms with Crippen molar-refractivity contribution in [2.24, 2.45) is 0 Å². The van der Waals surface area contributed by atoms with E-state index < -0.39 is 6.10 Å². The van der Waals surface area contributed by atoms with Crippen molar-refractivity contribution in [1.82, 2.24) is 0 Å². The molecule has 1 atom stereocenters. The molecule has 0 aliphatic carbocycles. The van der Waals surface area contributed by atoms with Crippen molar-refractivity contribution in [1.29, 1.82) is 0 Å². The van der Waals surface area contributed by atoms with Crippen LogP contribution in [-0.2, 0) is 0 Å². The summed E-state index contributed by atoms with van der Waals surface area (Å²) >= 11 is 0. The summed E-state index contributed by atoms with van der Waals surface area (Å²) < 4.78 is 25.2. The van der Waals surface area contributed by atoms with Gasteiger partial charge in [0.15, 0.2) is 0 Å². The maximum atomic E-state index is 14.1. The Bertz CT molecular complexity index is 642. The van der Waals surface area contributed by atoms with Crippen molar-refractivity contribution in [3.63, 3.8) is 0 Å². The number of hydrogen-bond acceptors (Lipinski definition) is 3. The molecule has 3 rings (SSSR count). The fraction of sp³-hybridized carbons (Fsp3) is 0.250. The predicted octanol–water partition coefficient (Wildman–Crippen LogP) is 3.69. The number of benzene rings is 2. The van der Waals surface area contributed by atoms with Crippen molar-refractivity contribution in [2.75, 3.05) is 19.0 Å². The number of anilines is 1. The van der Waals surface area contributed by atoms with Crippen LogP contribution in [0.5, 0.6) is 11.5 Å². The van der Waals surface area contributed by atoms with E-state index in [4.69, 9.17) is 9.47 Å². The molecular formula is C16H16FNO2. The lowest BCUT2D eigenvalue weighted by atomic mass is 10.0. The van der Waals surface area contributed by atoms with Crippen LogP contribution in [0, 0.1) is 12.7 Å². The number of methoxy groups -OCH3 is 1. The van der Waals surface area contributed by atoms with E-state index >= 15 is 0 Å². The molecule has 0 fully saturated rings. The van der Waals surface area contributed by atoms with E-state index in [2.05, 4.69) is 5.32 Å². The van der Waals surface area contributed by atoms with Crippen LogP contribution < -0.4 is 14.8 Å². The van der Waals surface area contributed by atoms with Gasteiger partial charge in [-0.15, -0.1) is 0 Å². The Kier molecular flexibility index (Phi) is 3.22. The SMILES string of the molecule is COc1cccc(F)c1C1CNc2cc(C)ccc2O1. The summed E-state index contributed by atoms with van der Waals surface area (Å²) in [4.78, 5) is 0. The monoisotopic (exact) mass is 273 g/mol. The molecular weight excluding hydrogens is 257 g/mol. The highest BCUT2D eigenvalue weighted by Crippen LogP contribution is 2.38. The molecule has 0 saturated heterocycles. The third kappa shape index (κ3) is 2.18. The minimum Gasteiger partial charge on any atom is -0.496 e. The maximum absolute atomic E-state index is 14.1. The summed E-state index contributed by atoms with van der Waals surface area (Å²) in [6.45, 7) is 2.53. The lowest BCUT2D eigenvalue weighted by Crippen LogP contribution is -2.25. The van der Waals surface area contributed by atoms with Gasteiger partial charge in [-0.3, -0.25) is 0 Å². The molecule has 1 N–H and O–H groups in total. The summed E-state index contributed by atoms with van der Waals surface area (Å²) in [5.74, 6) is 0.927. The average molecular weight is 273 g/mol. The average Bonchev–Trinajstić information content (AvgIpc) is 2.46. The number of rotatable bonds is 2. The number of halogens is 1. The van der Waals surface area contributed by atoms with Crippen molar-refractivity contribution in [3.05, 3.63) is 53.3 Å². The quantitative estimate of drug-likeness (QED) is 0.905. The Hall–Kier alpha value is -2.23. The summed E-state index contributed by atoms with van der Waals surface area (Å²) in [5.41, 5.74) is 2.55. The van der Waals surface area contributed by atoms with Gasteiger partial charge in [0.05, 0.1) is 24.9 Å². The van der Waals surface area contributed by atoms with E-state index in [1.807, 2.05) is 25.1 Å². The van der Waals surface area contributed by atoms with Crippen LogP contribution in [0.1, 0.15) is 17.2 Å². The minimum absolute atomic E-state index is 0.313. The molecule has 4 heteroatoms. The Morgan fingerprint density at radius 2 is 2.15 bits per heavy atom. The topological polar surface area (TPSA) is 30.5 Å². The van der Waals surface area contributed by atoms with Crippen LogP contribution in [0.25, 0.3) is 0 Å². The molecule has 2 aromatic carbocycles. The zero-order valence-electron chi connectivity index (χ0n) is 11.4. The zero-order valence-corrected chi connectivity index (χ0v) is 11.4. The number of nitrogens with one attached hydrogen (secondary N) is 1. The van der Waals surface area contributed by atoms with Gasteiger partial charge >= 0.3 is 0 Å². The molecule has 0 radical (unpaired) electrons. The Labute approximate surface area is 117 Å². The first-order valence-electron chi connectivity index (χ1n) is 6.52. The predicted molar refractivity (Wildman–Crippen MR) is 76.0 cm³/mol. The standard InChI is InChI=1S/C16H16FNO2/c1-10-6-7-13-12(8-10)18-9-15(20-13)16-11(17)4-3-5-14(16)19-2/h3-8,15,18H,9H2,1-2H3. The van der Waals surface area contributed by atoms with Crippen LogP contribution in [0.4, 0.5) is 10.1 Å². The third-order valence-electron chi connectivity index (χ3n) is 3.44. The molecule has 1 unspecified atom stereocenters. The van der Waals surface area contributed by atoms with Crippen LogP contribution in [0.3, 0.4) is 0 Å². The fourth-order valence-electron chi connectivity index (χ4n) is 2.45. The van der Waals surface area contributed by atoms with Gasteiger partial charge < -0.3 is 14.8 Å². The van der Waals surface area contributed by atoms with Crippen molar-refractivity contribution >= 4 is 5.69 Å². The number of fused-ring (bicyclic) bond motifs is 1. The highest BCUT2D eigenvalue weighted by atomic mass is 19.1. The Morgan fingerprint density at radius 3 is 2.95 bits per heavy atom. The minimum atomic E-state index is -0.402. The van der Waals surface area contributed by atoms with Gasteiger partial charge in [-0.1, -0.05) is 12.1 Å². The first-order valence-corrected chi connectivity index (χ1v) is 6.52. The second-order valence-corrected chi connectivity index (χ2v) is 4.84. The third-order valence-corrected chi connectivity index (χ3v) is 3.44. The summed E-state index contributed by atoms with van der Waals surface area (Å²) in [6, 6.07) is 10.7. The van der Waals surface area contributed by atoms with Gasteiger partial charge in [0.2, 0.25) is 0 Å². The van der Waals surface area contributed by atoms with Crippen LogP contribution in [-0.4, -0.2) is 13.7 Å². The van der Waals surface area contributed by atoms with E-state index in [0.29, 0.717) is 17.9 Å². The second kappa shape index (κ2) is 5.04.